The highest BCUT2D eigenvalue weighted by molar-refractivity contribution is 7.99. The maximum Gasteiger partial charge on any atom is 0.338 e. The van der Waals surface area contributed by atoms with Gasteiger partial charge in [-0.15, -0.1) is 23.1 Å². The Bertz CT molecular complexity index is 701. The lowest BCUT2D eigenvalue weighted by atomic mass is 10.2. The molecule has 0 unspecified atom stereocenters. The monoisotopic (exact) mass is 378 g/mol. The number of hydrogen-bond donors (Lipinski definition) is 1. The number of anilines is 1. The molecule has 2 aromatic rings. The van der Waals surface area contributed by atoms with Gasteiger partial charge in [-0.2, -0.15) is 0 Å². The van der Waals surface area contributed by atoms with Crippen LogP contribution >= 0.6 is 35.3 Å². The van der Waals surface area contributed by atoms with Gasteiger partial charge in [-0.25, -0.2) is 4.79 Å². The molecule has 0 saturated carbocycles. The largest absolute Gasteiger partial charge is 0.462 e. The fraction of sp³-hybridized carbons (Fsp3) is 0.294. The van der Waals surface area contributed by atoms with E-state index in [4.69, 9.17) is 17.0 Å². The number of thioether (sulfide) groups is 1. The van der Waals surface area contributed by atoms with Crippen LogP contribution in [-0.2, 0) is 4.74 Å². The van der Waals surface area contributed by atoms with E-state index >= 15 is 0 Å². The zero-order valence-corrected chi connectivity index (χ0v) is 15.7. The van der Waals surface area contributed by atoms with Crippen molar-refractivity contribution in [1.82, 2.24) is 4.90 Å². The molecule has 1 atom stereocenters. The van der Waals surface area contributed by atoms with E-state index in [1.54, 1.807) is 30.4 Å². The van der Waals surface area contributed by atoms with Crippen molar-refractivity contribution in [2.45, 2.75) is 12.3 Å². The number of thiophene rings is 1. The molecule has 4 nitrogen and oxygen atoms in total. The average molecular weight is 379 g/mol. The molecule has 126 valence electrons. The Morgan fingerprint density at radius 2 is 2.17 bits per heavy atom. The molecule has 24 heavy (non-hydrogen) atoms. The predicted molar refractivity (Wildman–Crippen MR) is 105 cm³/mol. The lowest BCUT2D eigenvalue weighted by Gasteiger charge is -2.26. The zero-order chi connectivity index (χ0) is 16.9. The van der Waals surface area contributed by atoms with Gasteiger partial charge in [0.15, 0.2) is 5.11 Å². The van der Waals surface area contributed by atoms with Crippen molar-refractivity contribution < 1.29 is 9.53 Å². The second-order valence-corrected chi connectivity index (χ2v) is 7.71. The molecule has 3 rings (SSSR count). The van der Waals surface area contributed by atoms with Crippen LogP contribution in [0.1, 0.15) is 27.5 Å². The van der Waals surface area contributed by atoms with Gasteiger partial charge in [-0.1, -0.05) is 6.07 Å². The summed E-state index contributed by atoms with van der Waals surface area (Å²) >= 11 is 9.25. The highest BCUT2D eigenvalue weighted by Gasteiger charge is 2.29. The van der Waals surface area contributed by atoms with Crippen molar-refractivity contribution in [2.75, 3.05) is 24.2 Å². The minimum absolute atomic E-state index is 0.281. The minimum Gasteiger partial charge on any atom is -0.462 e. The highest BCUT2D eigenvalue weighted by Crippen LogP contribution is 2.40. The number of benzene rings is 1. The summed E-state index contributed by atoms with van der Waals surface area (Å²) in [6.07, 6.45) is 0. The Morgan fingerprint density at radius 3 is 2.83 bits per heavy atom. The smallest absolute Gasteiger partial charge is 0.338 e. The van der Waals surface area contributed by atoms with E-state index in [-0.39, 0.29) is 11.3 Å². The van der Waals surface area contributed by atoms with Crippen molar-refractivity contribution in [3.05, 3.63) is 52.2 Å². The first-order chi connectivity index (χ1) is 11.7. The maximum atomic E-state index is 11.7. The molecule has 0 bridgehead atoms. The van der Waals surface area contributed by atoms with Crippen LogP contribution in [0.25, 0.3) is 0 Å². The van der Waals surface area contributed by atoms with Crippen LogP contribution in [0.5, 0.6) is 0 Å². The molecule has 1 fully saturated rings. The number of rotatable bonds is 4. The van der Waals surface area contributed by atoms with Gasteiger partial charge >= 0.3 is 5.97 Å². The molecular formula is C17H18N2O2S3. The second kappa shape index (κ2) is 8.00. The number of esters is 1. The summed E-state index contributed by atoms with van der Waals surface area (Å²) in [5, 5.41) is 6.36. The van der Waals surface area contributed by atoms with Crippen LogP contribution in [0, 0.1) is 0 Å². The Hall–Kier alpha value is -1.57. The third kappa shape index (κ3) is 3.91. The van der Waals surface area contributed by atoms with Gasteiger partial charge < -0.3 is 15.0 Å². The van der Waals surface area contributed by atoms with Crippen molar-refractivity contribution in [3.63, 3.8) is 0 Å². The standard InChI is InChI=1S/C17H18N2O2S3/c1-2-21-16(20)12-5-7-13(8-6-12)18-17(22)19-9-11-24-15(19)14-4-3-10-23-14/h3-8,10,15H,2,9,11H2,1H3,(H,18,22)/t15-/m1/s1. The molecule has 1 aliphatic rings. The topological polar surface area (TPSA) is 41.6 Å². The quantitative estimate of drug-likeness (QED) is 0.629. The summed E-state index contributed by atoms with van der Waals surface area (Å²) in [4.78, 5) is 15.2. The third-order valence-electron chi connectivity index (χ3n) is 3.59. The number of nitrogens with zero attached hydrogens (tertiary/aromatic N) is 1. The van der Waals surface area contributed by atoms with E-state index in [0.29, 0.717) is 17.3 Å². The number of carbonyl (C=O) groups excluding carboxylic acids is 1. The van der Waals surface area contributed by atoms with Crippen LogP contribution in [-0.4, -0.2) is 34.9 Å². The number of carbonyl (C=O) groups is 1. The number of thiocarbonyl (C=S) groups is 1. The minimum atomic E-state index is -0.305. The second-order valence-electron chi connectivity index (χ2n) is 5.16. The molecule has 1 aromatic carbocycles. The summed E-state index contributed by atoms with van der Waals surface area (Å²) in [7, 11) is 0. The van der Waals surface area contributed by atoms with Gasteiger partial charge in [0.25, 0.3) is 0 Å². The van der Waals surface area contributed by atoms with Crippen molar-refractivity contribution >= 4 is 52.1 Å². The average Bonchev–Trinajstić information content (AvgIpc) is 3.26. The number of ether oxygens (including phenoxy) is 1. The first-order valence-corrected chi connectivity index (χ1v) is 10.0. The fourth-order valence-electron chi connectivity index (χ4n) is 2.44. The van der Waals surface area contributed by atoms with Crippen LogP contribution in [0.4, 0.5) is 5.69 Å². The molecule has 0 radical (unpaired) electrons. The summed E-state index contributed by atoms with van der Waals surface area (Å²) in [5.41, 5.74) is 1.41. The first-order valence-electron chi connectivity index (χ1n) is 7.69. The number of hydrogen-bond acceptors (Lipinski definition) is 5. The van der Waals surface area contributed by atoms with Gasteiger partial charge in [-0.05, 0) is 54.9 Å². The Labute approximate surface area is 155 Å². The summed E-state index contributed by atoms with van der Waals surface area (Å²) in [6, 6.07) is 11.4. The maximum absolute atomic E-state index is 11.7. The number of nitrogens with one attached hydrogen (secondary N) is 1. The van der Waals surface area contributed by atoms with E-state index in [0.717, 1.165) is 18.0 Å². The molecule has 2 heterocycles. The van der Waals surface area contributed by atoms with Crippen LogP contribution in [0.3, 0.4) is 0 Å². The van der Waals surface area contributed by atoms with Crippen molar-refractivity contribution in [1.29, 1.82) is 0 Å². The summed E-state index contributed by atoms with van der Waals surface area (Å²) in [6.45, 7) is 3.10. The van der Waals surface area contributed by atoms with Gasteiger partial charge in [0.05, 0.1) is 12.2 Å². The molecule has 1 saturated heterocycles. The van der Waals surface area contributed by atoms with E-state index in [2.05, 4.69) is 27.7 Å². The lowest BCUT2D eigenvalue weighted by Crippen LogP contribution is -2.33. The van der Waals surface area contributed by atoms with Crippen LogP contribution in [0.15, 0.2) is 41.8 Å². The van der Waals surface area contributed by atoms with Gasteiger partial charge in [0.1, 0.15) is 5.37 Å². The molecule has 1 N–H and O–H groups in total. The molecule has 7 heteroatoms. The highest BCUT2D eigenvalue weighted by atomic mass is 32.2. The lowest BCUT2D eigenvalue weighted by molar-refractivity contribution is 0.0526. The molecule has 0 spiro atoms. The Morgan fingerprint density at radius 1 is 1.38 bits per heavy atom. The van der Waals surface area contributed by atoms with E-state index in [9.17, 15) is 4.79 Å². The van der Waals surface area contributed by atoms with E-state index < -0.39 is 0 Å². The van der Waals surface area contributed by atoms with Gasteiger partial charge in [0.2, 0.25) is 0 Å². The van der Waals surface area contributed by atoms with Crippen molar-refractivity contribution in [3.8, 4) is 0 Å². The summed E-state index contributed by atoms with van der Waals surface area (Å²) in [5.74, 6) is 0.756. The molecule has 1 aliphatic heterocycles. The molecule has 0 amide bonds. The molecule has 0 aliphatic carbocycles. The van der Waals surface area contributed by atoms with Gasteiger partial charge in [-0.3, -0.25) is 0 Å². The Kier molecular flexibility index (Phi) is 5.76. The first kappa shape index (κ1) is 17.3. The predicted octanol–water partition coefficient (Wildman–Crippen LogP) is 4.37. The molecular weight excluding hydrogens is 360 g/mol. The third-order valence-corrected chi connectivity index (χ3v) is 6.24. The van der Waals surface area contributed by atoms with Gasteiger partial charge in [0, 0.05) is 22.9 Å². The molecule has 1 aromatic heterocycles. The van der Waals surface area contributed by atoms with E-state index in [1.807, 2.05) is 23.9 Å². The Balaban J connectivity index is 1.65. The van der Waals surface area contributed by atoms with E-state index in [1.165, 1.54) is 4.88 Å². The van der Waals surface area contributed by atoms with Crippen molar-refractivity contribution in [2.24, 2.45) is 0 Å². The SMILES string of the molecule is CCOC(=O)c1ccc(NC(=S)N2CCS[C@@H]2c2cccs2)cc1. The fourth-order valence-corrected chi connectivity index (χ4v) is 5.07. The summed E-state index contributed by atoms with van der Waals surface area (Å²) < 4.78 is 4.99. The normalized spacial score (nSPS) is 16.9. The van der Waals surface area contributed by atoms with Crippen LogP contribution < -0.4 is 5.32 Å². The zero-order valence-electron chi connectivity index (χ0n) is 13.2. The van der Waals surface area contributed by atoms with Crippen LogP contribution in [0.2, 0.25) is 0 Å².